The smallest absolute Gasteiger partial charge is 0.223 e. The average Bonchev–Trinajstić information content (AvgIpc) is 2.54. The molecule has 2 aromatic rings. The lowest BCUT2D eigenvalue weighted by molar-refractivity contribution is 0.265. The molecule has 0 fully saturated rings. The van der Waals surface area contributed by atoms with Crippen molar-refractivity contribution in [2.45, 2.75) is 19.6 Å². The summed E-state index contributed by atoms with van der Waals surface area (Å²) in [6.07, 6.45) is 4.37. The third-order valence-corrected chi connectivity index (χ3v) is 3.75. The van der Waals surface area contributed by atoms with Gasteiger partial charge in [-0.25, -0.2) is 0 Å². The summed E-state index contributed by atoms with van der Waals surface area (Å²) in [5.74, 6) is -0.254. The van der Waals surface area contributed by atoms with Crippen LogP contribution in [0.4, 0.5) is 0 Å². The molecule has 0 unspecified atom stereocenters. The summed E-state index contributed by atoms with van der Waals surface area (Å²) in [7, 11) is 3.66. The molecule has 6 heteroatoms. The van der Waals surface area contributed by atoms with Crippen molar-refractivity contribution in [1.82, 2.24) is 14.5 Å². The van der Waals surface area contributed by atoms with Crippen molar-refractivity contribution in [1.29, 1.82) is 0 Å². The quantitative estimate of drug-likeness (QED) is 0.819. The van der Waals surface area contributed by atoms with Gasteiger partial charge in [-0.1, -0.05) is 0 Å². The van der Waals surface area contributed by atoms with Crippen LogP contribution < -0.4 is 5.43 Å². The van der Waals surface area contributed by atoms with Crippen LogP contribution in [0.3, 0.4) is 0 Å². The van der Waals surface area contributed by atoms with E-state index in [1.165, 1.54) is 11.6 Å². The Balaban J connectivity index is 2.10. The Hall–Kier alpha value is -2.18. The van der Waals surface area contributed by atoms with E-state index < -0.39 is 5.43 Å². The first-order valence-electron chi connectivity index (χ1n) is 7.12. The lowest BCUT2D eigenvalue weighted by Gasteiger charge is -2.21. The Morgan fingerprint density at radius 2 is 2.00 bits per heavy atom. The van der Waals surface area contributed by atoms with Gasteiger partial charge in [-0.15, -0.1) is 0 Å². The number of pyridine rings is 2. The number of aromatic nitrogens is 2. The predicted octanol–water partition coefficient (Wildman–Crippen LogP) is 0.653. The molecule has 0 radical (unpaired) electrons. The van der Waals surface area contributed by atoms with Crippen molar-refractivity contribution in [3.05, 3.63) is 57.8 Å². The second-order valence-corrected chi connectivity index (χ2v) is 5.36. The molecule has 22 heavy (non-hydrogen) atoms. The molecule has 0 bridgehead atoms. The third kappa shape index (κ3) is 3.72. The van der Waals surface area contributed by atoms with Gasteiger partial charge < -0.3 is 19.7 Å². The fourth-order valence-corrected chi connectivity index (χ4v) is 2.33. The van der Waals surface area contributed by atoms with Crippen molar-refractivity contribution in [2.75, 3.05) is 13.6 Å². The molecule has 2 aromatic heterocycles. The highest BCUT2D eigenvalue weighted by Gasteiger charge is 2.14. The van der Waals surface area contributed by atoms with Gasteiger partial charge in [-0.2, -0.15) is 0 Å². The number of aromatic hydroxyl groups is 1. The van der Waals surface area contributed by atoms with Gasteiger partial charge in [0.15, 0.2) is 5.75 Å². The summed E-state index contributed by atoms with van der Waals surface area (Å²) in [6, 6.07) is 5.19. The van der Waals surface area contributed by atoms with Crippen LogP contribution in [0.25, 0.3) is 0 Å². The molecule has 0 saturated carbocycles. The van der Waals surface area contributed by atoms with Crippen molar-refractivity contribution < 1.29 is 10.2 Å². The van der Waals surface area contributed by atoms with Gasteiger partial charge in [0.2, 0.25) is 5.43 Å². The largest absolute Gasteiger partial charge is 0.503 e. The summed E-state index contributed by atoms with van der Waals surface area (Å²) in [4.78, 5) is 17.7. The molecule has 0 amide bonds. The minimum absolute atomic E-state index is 0.236. The van der Waals surface area contributed by atoms with E-state index in [1.54, 1.807) is 24.0 Å². The standard InChI is InChI=1S/C16H21N3O3/c1-18(8-5-12-3-6-17-7-4-12)10-14-16(22)15(21)9-13(11-20)19(14)2/h3-4,6-7,9,20,22H,5,8,10-11H2,1-2H3. The number of nitrogens with zero attached hydrogens (tertiary/aromatic N) is 3. The molecule has 118 valence electrons. The van der Waals surface area contributed by atoms with Gasteiger partial charge in [0.05, 0.1) is 12.3 Å². The molecule has 0 aromatic carbocycles. The molecule has 2 rings (SSSR count). The molecule has 0 aliphatic heterocycles. The highest BCUT2D eigenvalue weighted by molar-refractivity contribution is 5.29. The first-order valence-corrected chi connectivity index (χ1v) is 7.12. The van der Waals surface area contributed by atoms with Crippen LogP contribution in [0, 0.1) is 0 Å². The number of aliphatic hydroxyl groups excluding tert-OH is 1. The van der Waals surface area contributed by atoms with Crippen LogP contribution in [-0.4, -0.2) is 38.3 Å². The summed E-state index contributed by atoms with van der Waals surface area (Å²) < 4.78 is 1.67. The maximum absolute atomic E-state index is 11.7. The molecule has 0 saturated heterocycles. The third-order valence-electron chi connectivity index (χ3n) is 3.75. The Bertz CT molecular complexity index is 683. The van der Waals surface area contributed by atoms with E-state index in [-0.39, 0.29) is 12.4 Å². The molecule has 2 heterocycles. The van der Waals surface area contributed by atoms with Crippen molar-refractivity contribution >= 4 is 0 Å². The zero-order valence-electron chi connectivity index (χ0n) is 12.9. The van der Waals surface area contributed by atoms with E-state index in [2.05, 4.69) is 4.98 Å². The Morgan fingerprint density at radius 3 is 2.64 bits per heavy atom. The van der Waals surface area contributed by atoms with Gasteiger partial charge in [-0.3, -0.25) is 9.78 Å². The maximum atomic E-state index is 11.7. The molecule has 0 aliphatic carbocycles. The van der Waals surface area contributed by atoms with Crippen LogP contribution >= 0.6 is 0 Å². The van der Waals surface area contributed by atoms with Gasteiger partial charge >= 0.3 is 0 Å². The van der Waals surface area contributed by atoms with Crippen LogP contribution in [0.1, 0.15) is 17.0 Å². The monoisotopic (exact) mass is 303 g/mol. The van der Waals surface area contributed by atoms with Gasteiger partial charge in [-0.05, 0) is 31.2 Å². The molecule has 0 spiro atoms. The summed E-state index contributed by atoms with van der Waals surface area (Å²) in [5.41, 5.74) is 1.72. The van der Waals surface area contributed by atoms with E-state index >= 15 is 0 Å². The van der Waals surface area contributed by atoms with Crippen LogP contribution in [0.2, 0.25) is 0 Å². The zero-order chi connectivity index (χ0) is 16.1. The minimum Gasteiger partial charge on any atom is -0.503 e. The Labute approximate surface area is 129 Å². The average molecular weight is 303 g/mol. The topological polar surface area (TPSA) is 78.6 Å². The lowest BCUT2D eigenvalue weighted by Crippen LogP contribution is -2.25. The molecule has 0 atom stereocenters. The number of aliphatic hydroxyl groups is 1. The van der Waals surface area contributed by atoms with Crippen molar-refractivity contribution in [2.24, 2.45) is 7.05 Å². The SMILES string of the molecule is CN(CCc1ccncc1)Cc1c(O)c(=O)cc(CO)n1C. The summed E-state index contributed by atoms with van der Waals surface area (Å²) in [6.45, 7) is 0.969. The molecular formula is C16H21N3O3. The maximum Gasteiger partial charge on any atom is 0.223 e. The highest BCUT2D eigenvalue weighted by atomic mass is 16.3. The van der Waals surface area contributed by atoms with Crippen LogP contribution in [-0.2, 0) is 26.6 Å². The minimum atomic E-state index is -0.459. The number of likely N-dealkylation sites (N-methyl/N-ethyl adjacent to an activating group) is 1. The Morgan fingerprint density at radius 1 is 1.32 bits per heavy atom. The predicted molar refractivity (Wildman–Crippen MR) is 83.5 cm³/mol. The van der Waals surface area contributed by atoms with E-state index in [1.807, 2.05) is 24.1 Å². The fraction of sp³-hybridized carbons (Fsp3) is 0.375. The second-order valence-electron chi connectivity index (χ2n) is 5.36. The van der Waals surface area contributed by atoms with E-state index in [0.717, 1.165) is 13.0 Å². The van der Waals surface area contributed by atoms with Crippen LogP contribution in [0.15, 0.2) is 35.4 Å². The summed E-state index contributed by atoms with van der Waals surface area (Å²) >= 11 is 0. The zero-order valence-corrected chi connectivity index (χ0v) is 12.9. The molecule has 0 aliphatic rings. The van der Waals surface area contributed by atoms with Gasteiger partial charge in [0.1, 0.15) is 0 Å². The second kappa shape index (κ2) is 7.20. The molecular weight excluding hydrogens is 282 g/mol. The normalized spacial score (nSPS) is 11.1. The highest BCUT2D eigenvalue weighted by Crippen LogP contribution is 2.15. The lowest BCUT2D eigenvalue weighted by atomic mass is 10.2. The van der Waals surface area contributed by atoms with Gasteiger partial charge in [0, 0.05) is 44.3 Å². The Kier molecular flexibility index (Phi) is 5.30. The van der Waals surface area contributed by atoms with Gasteiger partial charge in [0.25, 0.3) is 0 Å². The van der Waals surface area contributed by atoms with E-state index in [4.69, 9.17) is 0 Å². The van der Waals surface area contributed by atoms with E-state index in [0.29, 0.717) is 17.9 Å². The number of hydrogen-bond acceptors (Lipinski definition) is 5. The van der Waals surface area contributed by atoms with Crippen molar-refractivity contribution in [3.8, 4) is 5.75 Å². The first kappa shape index (κ1) is 16.2. The van der Waals surface area contributed by atoms with Crippen molar-refractivity contribution in [3.63, 3.8) is 0 Å². The molecule has 6 nitrogen and oxygen atoms in total. The van der Waals surface area contributed by atoms with Crippen LogP contribution in [0.5, 0.6) is 5.75 Å². The van der Waals surface area contributed by atoms with E-state index in [9.17, 15) is 15.0 Å². The summed E-state index contributed by atoms with van der Waals surface area (Å²) in [5, 5.41) is 19.3. The first-order chi connectivity index (χ1) is 10.5. The fourth-order valence-electron chi connectivity index (χ4n) is 2.33. The molecule has 2 N–H and O–H groups in total. The number of rotatable bonds is 6. The number of hydrogen-bond donors (Lipinski definition) is 2.